The molecule has 1 saturated heterocycles. The van der Waals surface area contributed by atoms with Crippen molar-refractivity contribution >= 4 is 28.4 Å². The standard InChI is InChI=1S/C14H20N2O5S/c1-3-20-11(17)9-10-12(13(18)21-4-2)22-14(15-10)16-5-7-19-8-6-16/h3-9H2,1-2H3. The molecule has 0 bridgehead atoms. The lowest BCUT2D eigenvalue weighted by atomic mass is 10.3. The van der Waals surface area contributed by atoms with Gasteiger partial charge < -0.3 is 19.1 Å². The van der Waals surface area contributed by atoms with Crippen molar-refractivity contribution in [3.8, 4) is 0 Å². The van der Waals surface area contributed by atoms with Gasteiger partial charge in [-0.1, -0.05) is 11.3 Å². The van der Waals surface area contributed by atoms with Crippen LogP contribution in [0.2, 0.25) is 0 Å². The highest BCUT2D eigenvalue weighted by molar-refractivity contribution is 7.17. The molecule has 0 atom stereocenters. The monoisotopic (exact) mass is 328 g/mol. The minimum absolute atomic E-state index is 0.0250. The molecule has 1 aromatic rings. The van der Waals surface area contributed by atoms with E-state index in [1.54, 1.807) is 13.8 Å². The maximum atomic E-state index is 12.1. The number of thiazole rings is 1. The second-order valence-corrected chi connectivity index (χ2v) is 5.55. The van der Waals surface area contributed by atoms with E-state index in [1.807, 2.05) is 4.90 Å². The zero-order valence-corrected chi connectivity index (χ0v) is 13.6. The number of morpholine rings is 1. The van der Waals surface area contributed by atoms with Crippen LogP contribution in [0.1, 0.15) is 29.2 Å². The second kappa shape index (κ2) is 8.09. The SMILES string of the molecule is CCOC(=O)Cc1nc(N2CCOCC2)sc1C(=O)OCC. The Bertz CT molecular complexity index is 525. The van der Waals surface area contributed by atoms with Crippen LogP contribution in [0.5, 0.6) is 0 Å². The predicted molar refractivity (Wildman–Crippen MR) is 81.4 cm³/mol. The predicted octanol–water partition coefficient (Wildman–Crippen LogP) is 1.26. The molecule has 1 aliphatic heterocycles. The number of hydrogen-bond acceptors (Lipinski definition) is 8. The summed E-state index contributed by atoms with van der Waals surface area (Å²) in [5, 5.41) is 0.714. The number of aromatic nitrogens is 1. The van der Waals surface area contributed by atoms with Crippen LogP contribution >= 0.6 is 11.3 Å². The van der Waals surface area contributed by atoms with Crippen LogP contribution in [0.15, 0.2) is 0 Å². The average molecular weight is 328 g/mol. The maximum absolute atomic E-state index is 12.1. The molecule has 0 radical (unpaired) electrons. The largest absolute Gasteiger partial charge is 0.466 e. The number of ether oxygens (including phenoxy) is 3. The van der Waals surface area contributed by atoms with Gasteiger partial charge >= 0.3 is 11.9 Å². The summed E-state index contributed by atoms with van der Waals surface area (Å²) in [4.78, 5) is 30.6. The number of rotatable bonds is 6. The average Bonchev–Trinajstić information content (AvgIpc) is 2.92. The van der Waals surface area contributed by atoms with Crippen LogP contribution in [-0.2, 0) is 25.4 Å². The van der Waals surface area contributed by atoms with Crippen molar-refractivity contribution in [2.24, 2.45) is 0 Å². The van der Waals surface area contributed by atoms with Crippen molar-refractivity contribution in [3.63, 3.8) is 0 Å². The van der Waals surface area contributed by atoms with Gasteiger partial charge in [-0.15, -0.1) is 0 Å². The molecule has 0 amide bonds. The smallest absolute Gasteiger partial charge is 0.350 e. The van der Waals surface area contributed by atoms with Gasteiger partial charge in [0.1, 0.15) is 4.88 Å². The molecule has 0 saturated carbocycles. The summed E-state index contributed by atoms with van der Waals surface area (Å²) < 4.78 is 15.3. The molecular weight excluding hydrogens is 308 g/mol. The molecule has 7 nitrogen and oxygen atoms in total. The van der Waals surface area contributed by atoms with Crippen molar-refractivity contribution < 1.29 is 23.8 Å². The van der Waals surface area contributed by atoms with Crippen LogP contribution in [-0.4, -0.2) is 56.4 Å². The minimum atomic E-state index is -0.446. The Morgan fingerprint density at radius 1 is 1.23 bits per heavy atom. The summed E-state index contributed by atoms with van der Waals surface area (Å²) in [5.74, 6) is -0.842. The normalized spacial score (nSPS) is 14.7. The van der Waals surface area contributed by atoms with Crippen LogP contribution in [0.3, 0.4) is 0 Å². The first kappa shape index (κ1) is 16.7. The number of hydrogen-bond donors (Lipinski definition) is 0. The Hall–Kier alpha value is -1.67. The molecule has 1 aromatic heterocycles. The first-order valence-corrected chi connectivity index (χ1v) is 8.12. The van der Waals surface area contributed by atoms with Gasteiger partial charge in [-0.2, -0.15) is 0 Å². The van der Waals surface area contributed by atoms with Crippen LogP contribution in [0.4, 0.5) is 5.13 Å². The maximum Gasteiger partial charge on any atom is 0.350 e. The highest BCUT2D eigenvalue weighted by Crippen LogP contribution is 2.28. The summed E-state index contributed by atoms with van der Waals surface area (Å²) >= 11 is 1.25. The molecule has 2 heterocycles. The summed E-state index contributed by atoms with van der Waals surface area (Å²) in [5.41, 5.74) is 0.420. The van der Waals surface area contributed by atoms with E-state index < -0.39 is 11.9 Å². The van der Waals surface area contributed by atoms with Crippen molar-refractivity contribution in [2.75, 3.05) is 44.4 Å². The molecule has 1 aliphatic rings. The Kier molecular flexibility index (Phi) is 6.14. The lowest BCUT2D eigenvalue weighted by Crippen LogP contribution is -2.36. The second-order valence-electron chi connectivity index (χ2n) is 4.57. The van der Waals surface area contributed by atoms with Gasteiger partial charge in [0.25, 0.3) is 0 Å². The van der Waals surface area contributed by atoms with E-state index in [2.05, 4.69) is 4.98 Å². The molecule has 2 rings (SSSR count). The van der Waals surface area contributed by atoms with Crippen molar-refractivity contribution in [1.82, 2.24) is 4.98 Å². The molecule has 22 heavy (non-hydrogen) atoms. The molecule has 0 spiro atoms. The summed E-state index contributed by atoms with van der Waals surface area (Å²) in [7, 11) is 0. The number of nitrogens with zero attached hydrogens (tertiary/aromatic N) is 2. The van der Waals surface area contributed by atoms with E-state index in [9.17, 15) is 9.59 Å². The van der Waals surface area contributed by atoms with E-state index >= 15 is 0 Å². The summed E-state index contributed by atoms with van der Waals surface area (Å²) in [6.45, 7) is 6.75. The molecule has 8 heteroatoms. The Labute approximate surface area is 133 Å². The van der Waals surface area contributed by atoms with Crippen molar-refractivity contribution in [1.29, 1.82) is 0 Å². The van der Waals surface area contributed by atoms with Gasteiger partial charge in [0, 0.05) is 13.1 Å². The number of esters is 2. The van der Waals surface area contributed by atoms with Crippen molar-refractivity contribution in [3.05, 3.63) is 10.6 Å². The fraction of sp³-hybridized carbons (Fsp3) is 0.643. The van der Waals surface area contributed by atoms with E-state index in [1.165, 1.54) is 11.3 Å². The molecule has 0 aromatic carbocycles. The third kappa shape index (κ3) is 4.17. The molecule has 0 unspecified atom stereocenters. The van der Waals surface area contributed by atoms with Gasteiger partial charge in [-0.3, -0.25) is 4.79 Å². The summed E-state index contributed by atoms with van der Waals surface area (Å²) in [6.07, 6.45) is -0.0250. The van der Waals surface area contributed by atoms with Gasteiger partial charge in [0.05, 0.1) is 38.5 Å². The number of anilines is 1. The topological polar surface area (TPSA) is 78.0 Å². The molecule has 1 fully saturated rings. The fourth-order valence-corrected chi connectivity index (χ4v) is 3.08. The third-order valence-corrected chi connectivity index (χ3v) is 4.18. The molecule has 0 N–H and O–H groups in total. The molecular formula is C14H20N2O5S. The minimum Gasteiger partial charge on any atom is -0.466 e. The first-order chi connectivity index (χ1) is 10.7. The quantitative estimate of drug-likeness (QED) is 0.728. The van der Waals surface area contributed by atoms with Crippen LogP contribution in [0, 0.1) is 0 Å². The fourth-order valence-electron chi connectivity index (χ4n) is 2.05. The summed E-state index contributed by atoms with van der Waals surface area (Å²) in [6, 6.07) is 0. The van der Waals surface area contributed by atoms with Gasteiger partial charge in [-0.05, 0) is 13.8 Å². The molecule has 122 valence electrons. The first-order valence-electron chi connectivity index (χ1n) is 7.30. The van der Waals surface area contributed by atoms with Gasteiger partial charge in [-0.25, -0.2) is 9.78 Å². The van der Waals surface area contributed by atoms with Crippen molar-refractivity contribution in [2.45, 2.75) is 20.3 Å². The zero-order valence-electron chi connectivity index (χ0n) is 12.8. The number of carbonyl (C=O) groups excluding carboxylic acids is 2. The highest BCUT2D eigenvalue weighted by atomic mass is 32.1. The van der Waals surface area contributed by atoms with Crippen LogP contribution < -0.4 is 4.90 Å². The zero-order chi connectivity index (χ0) is 15.9. The van der Waals surface area contributed by atoms with E-state index in [4.69, 9.17) is 14.2 Å². The van der Waals surface area contributed by atoms with E-state index in [0.717, 1.165) is 0 Å². The highest BCUT2D eigenvalue weighted by Gasteiger charge is 2.24. The lowest BCUT2D eigenvalue weighted by molar-refractivity contribution is -0.142. The lowest BCUT2D eigenvalue weighted by Gasteiger charge is -2.26. The van der Waals surface area contributed by atoms with E-state index in [0.29, 0.717) is 48.6 Å². The third-order valence-electron chi connectivity index (χ3n) is 3.05. The van der Waals surface area contributed by atoms with E-state index in [-0.39, 0.29) is 13.0 Å². The van der Waals surface area contributed by atoms with Gasteiger partial charge in [0.15, 0.2) is 5.13 Å². The Balaban J connectivity index is 2.21. The Morgan fingerprint density at radius 2 is 1.91 bits per heavy atom. The van der Waals surface area contributed by atoms with Crippen LogP contribution in [0.25, 0.3) is 0 Å². The Morgan fingerprint density at radius 3 is 2.55 bits per heavy atom. The molecule has 0 aliphatic carbocycles. The number of carbonyl (C=O) groups is 2. The van der Waals surface area contributed by atoms with Gasteiger partial charge in [0.2, 0.25) is 0 Å².